The SMILES string of the molecule is Cc1c(CN)cccc1-c1ccccc1Cl.Cl. The highest BCUT2D eigenvalue weighted by Gasteiger charge is 2.07. The molecule has 1 nitrogen and oxygen atoms in total. The van der Waals surface area contributed by atoms with Crippen LogP contribution in [0.15, 0.2) is 42.5 Å². The maximum atomic E-state index is 6.20. The summed E-state index contributed by atoms with van der Waals surface area (Å²) < 4.78 is 0. The molecule has 0 aliphatic rings. The average Bonchev–Trinajstić information content (AvgIpc) is 2.31. The van der Waals surface area contributed by atoms with E-state index < -0.39 is 0 Å². The highest BCUT2D eigenvalue weighted by atomic mass is 35.5. The number of halogens is 2. The van der Waals surface area contributed by atoms with E-state index in [0.29, 0.717) is 6.54 Å². The van der Waals surface area contributed by atoms with E-state index in [4.69, 9.17) is 17.3 Å². The second-order valence-electron chi connectivity index (χ2n) is 3.77. The van der Waals surface area contributed by atoms with Crippen LogP contribution in [0.5, 0.6) is 0 Å². The van der Waals surface area contributed by atoms with Gasteiger partial charge in [0.05, 0.1) is 0 Å². The average molecular weight is 268 g/mol. The fraction of sp³-hybridized carbons (Fsp3) is 0.143. The van der Waals surface area contributed by atoms with Gasteiger partial charge in [0.1, 0.15) is 0 Å². The number of rotatable bonds is 2. The van der Waals surface area contributed by atoms with Gasteiger partial charge in [-0.05, 0) is 29.7 Å². The molecule has 0 unspecified atom stereocenters. The highest BCUT2D eigenvalue weighted by molar-refractivity contribution is 6.33. The number of nitrogens with two attached hydrogens (primary N) is 1. The lowest BCUT2D eigenvalue weighted by molar-refractivity contribution is 1.05. The second-order valence-corrected chi connectivity index (χ2v) is 4.18. The van der Waals surface area contributed by atoms with Crippen molar-refractivity contribution in [1.29, 1.82) is 0 Å². The van der Waals surface area contributed by atoms with Gasteiger partial charge < -0.3 is 5.73 Å². The first-order valence-electron chi connectivity index (χ1n) is 5.27. The summed E-state index contributed by atoms with van der Waals surface area (Å²) in [7, 11) is 0. The van der Waals surface area contributed by atoms with E-state index in [1.165, 1.54) is 5.56 Å². The molecule has 0 saturated carbocycles. The summed E-state index contributed by atoms with van der Waals surface area (Å²) in [6.07, 6.45) is 0. The Balaban J connectivity index is 0.00000144. The molecule has 17 heavy (non-hydrogen) atoms. The number of hydrogen-bond acceptors (Lipinski definition) is 1. The Morgan fingerprint density at radius 1 is 1.00 bits per heavy atom. The first-order valence-corrected chi connectivity index (χ1v) is 5.65. The first-order chi connectivity index (χ1) is 7.74. The van der Waals surface area contributed by atoms with Gasteiger partial charge in [0.2, 0.25) is 0 Å². The van der Waals surface area contributed by atoms with Gasteiger partial charge >= 0.3 is 0 Å². The number of hydrogen-bond donors (Lipinski definition) is 1. The Bertz CT molecular complexity index is 509. The lowest BCUT2D eigenvalue weighted by Gasteiger charge is -2.11. The molecule has 0 heterocycles. The maximum absolute atomic E-state index is 6.20. The van der Waals surface area contributed by atoms with Crippen molar-refractivity contribution >= 4 is 24.0 Å². The van der Waals surface area contributed by atoms with Gasteiger partial charge in [-0.3, -0.25) is 0 Å². The minimum atomic E-state index is 0. The summed E-state index contributed by atoms with van der Waals surface area (Å²) in [5.74, 6) is 0. The Hall–Kier alpha value is -1.02. The van der Waals surface area contributed by atoms with E-state index in [1.807, 2.05) is 30.3 Å². The summed E-state index contributed by atoms with van der Waals surface area (Å²) in [6, 6.07) is 14.0. The third-order valence-electron chi connectivity index (χ3n) is 2.83. The molecule has 0 aromatic heterocycles. The molecule has 0 radical (unpaired) electrons. The zero-order valence-electron chi connectivity index (χ0n) is 9.61. The van der Waals surface area contributed by atoms with Crippen LogP contribution in [0.1, 0.15) is 11.1 Å². The molecular formula is C14H15Cl2N. The molecule has 0 bridgehead atoms. The Morgan fingerprint density at radius 3 is 2.29 bits per heavy atom. The molecule has 3 heteroatoms. The predicted molar refractivity (Wildman–Crippen MR) is 76.8 cm³/mol. The Kier molecular flexibility index (Phi) is 5.01. The summed E-state index contributed by atoms with van der Waals surface area (Å²) in [6.45, 7) is 2.64. The van der Waals surface area contributed by atoms with Gasteiger partial charge in [0.15, 0.2) is 0 Å². The van der Waals surface area contributed by atoms with Crippen LogP contribution in [0.4, 0.5) is 0 Å². The quantitative estimate of drug-likeness (QED) is 0.868. The molecule has 0 atom stereocenters. The molecule has 2 rings (SSSR count). The van der Waals surface area contributed by atoms with Crippen molar-refractivity contribution in [2.45, 2.75) is 13.5 Å². The summed E-state index contributed by atoms with van der Waals surface area (Å²) in [4.78, 5) is 0. The van der Waals surface area contributed by atoms with Crippen LogP contribution < -0.4 is 5.73 Å². The van der Waals surface area contributed by atoms with E-state index in [0.717, 1.165) is 21.7 Å². The molecular weight excluding hydrogens is 253 g/mol. The van der Waals surface area contributed by atoms with Gasteiger partial charge in [0.25, 0.3) is 0 Å². The molecule has 2 aromatic carbocycles. The van der Waals surface area contributed by atoms with E-state index in [9.17, 15) is 0 Å². The van der Waals surface area contributed by atoms with Gasteiger partial charge in [-0.2, -0.15) is 0 Å². The lowest BCUT2D eigenvalue weighted by Crippen LogP contribution is -2.00. The predicted octanol–water partition coefficient (Wildman–Crippen LogP) is 4.20. The van der Waals surface area contributed by atoms with Crippen LogP contribution in [0.25, 0.3) is 11.1 Å². The van der Waals surface area contributed by atoms with Gasteiger partial charge in [-0.1, -0.05) is 48.0 Å². The van der Waals surface area contributed by atoms with Crippen LogP contribution in [-0.2, 0) is 6.54 Å². The first kappa shape index (κ1) is 14.0. The summed E-state index contributed by atoms with van der Waals surface area (Å²) >= 11 is 6.20. The van der Waals surface area contributed by atoms with Gasteiger partial charge in [-0.15, -0.1) is 12.4 Å². The van der Waals surface area contributed by atoms with Crippen molar-refractivity contribution in [3.63, 3.8) is 0 Å². The Morgan fingerprint density at radius 2 is 1.65 bits per heavy atom. The minimum absolute atomic E-state index is 0. The largest absolute Gasteiger partial charge is 0.326 e. The molecule has 0 amide bonds. The van der Waals surface area contributed by atoms with Crippen molar-refractivity contribution in [2.24, 2.45) is 5.73 Å². The zero-order chi connectivity index (χ0) is 11.5. The van der Waals surface area contributed by atoms with E-state index >= 15 is 0 Å². The lowest BCUT2D eigenvalue weighted by atomic mass is 9.96. The minimum Gasteiger partial charge on any atom is -0.326 e. The van der Waals surface area contributed by atoms with Crippen molar-refractivity contribution in [1.82, 2.24) is 0 Å². The fourth-order valence-electron chi connectivity index (χ4n) is 1.88. The number of benzene rings is 2. The topological polar surface area (TPSA) is 26.0 Å². The molecule has 0 spiro atoms. The zero-order valence-corrected chi connectivity index (χ0v) is 11.2. The molecule has 0 fully saturated rings. The van der Waals surface area contributed by atoms with Crippen LogP contribution in [-0.4, -0.2) is 0 Å². The molecule has 90 valence electrons. The maximum Gasteiger partial charge on any atom is 0.0484 e. The normalized spacial score (nSPS) is 9.82. The van der Waals surface area contributed by atoms with Crippen LogP contribution >= 0.6 is 24.0 Å². The third-order valence-corrected chi connectivity index (χ3v) is 3.16. The third kappa shape index (κ3) is 2.81. The summed E-state index contributed by atoms with van der Waals surface area (Å²) in [5.41, 5.74) is 10.3. The van der Waals surface area contributed by atoms with Gasteiger partial charge in [-0.25, -0.2) is 0 Å². The van der Waals surface area contributed by atoms with E-state index in [2.05, 4.69) is 19.1 Å². The van der Waals surface area contributed by atoms with E-state index in [1.54, 1.807) is 0 Å². The Labute approximate surface area is 113 Å². The smallest absolute Gasteiger partial charge is 0.0484 e. The van der Waals surface area contributed by atoms with Crippen LogP contribution in [0.2, 0.25) is 5.02 Å². The highest BCUT2D eigenvalue weighted by Crippen LogP contribution is 2.31. The fourth-order valence-corrected chi connectivity index (χ4v) is 2.11. The monoisotopic (exact) mass is 267 g/mol. The standard InChI is InChI=1S/C14H14ClN.ClH/c1-10-11(9-16)5-4-7-12(10)13-6-2-3-8-14(13)15;/h2-8H,9,16H2,1H3;1H. The molecule has 2 aromatic rings. The van der Waals surface area contributed by atoms with Crippen molar-refractivity contribution in [2.75, 3.05) is 0 Å². The van der Waals surface area contributed by atoms with Crippen molar-refractivity contribution < 1.29 is 0 Å². The summed E-state index contributed by atoms with van der Waals surface area (Å²) in [5, 5.41) is 0.778. The second kappa shape index (κ2) is 6.06. The van der Waals surface area contributed by atoms with Crippen molar-refractivity contribution in [3.8, 4) is 11.1 Å². The van der Waals surface area contributed by atoms with Crippen LogP contribution in [0.3, 0.4) is 0 Å². The van der Waals surface area contributed by atoms with Crippen molar-refractivity contribution in [3.05, 3.63) is 58.6 Å². The molecule has 2 N–H and O–H groups in total. The molecule has 0 saturated heterocycles. The van der Waals surface area contributed by atoms with Gasteiger partial charge in [0, 0.05) is 17.1 Å². The molecule has 0 aliphatic heterocycles. The van der Waals surface area contributed by atoms with E-state index in [-0.39, 0.29) is 12.4 Å². The molecule has 0 aliphatic carbocycles. The van der Waals surface area contributed by atoms with Crippen LogP contribution in [0, 0.1) is 6.92 Å².